The zero-order chi connectivity index (χ0) is 16.8. The number of allylic oxidation sites excluding steroid dienone is 1. The normalized spacial score (nSPS) is 12.2. The molecule has 0 bridgehead atoms. The van der Waals surface area contributed by atoms with Crippen LogP contribution in [0, 0.1) is 5.92 Å². The Morgan fingerprint density at radius 1 is 0.818 bits per heavy atom. The number of rotatable bonds is 14. The number of hydrogen-bond acceptors (Lipinski definition) is 1. The highest BCUT2D eigenvalue weighted by atomic mass is 16.1. The van der Waals surface area contributed by atoms with Gasteiger partial charge in [0.05, 0.1) is 0 Å². The molecule has 22 heavy (non-hydrogen) atoms. The van der Waals surface area contributed by atoms with Crippen molar-refractivity contribution in [3.8, 4) is 0 Å². The second-order valence-corrected chi connectivity index (χ2v) is 6.85. The van der Waals surface area contributed by atoms with Gasteiger partial charge in [-0.15, -0.1) is 0 Å². The third-order valence-corrected chi connectivity index (χ3v) is 4.61. The van der Waals surface area contributed by atoms with Crippen LogP contribution in [0.5, 0.6) is 0 Å². The van der Waals surface area contributed by atoms with Crippen molar-refractivity contribution in [2.75, 3.05) is 0 Å². The van der Waals surface area contributed by atoms with E-state index in [2.05, 4.69) is 13.8 Å². The molecule has 2 nitrogen and oxygen atoms in total. The first kappa shape index (κ1) is 21.2. The minimum atomic E-state index is -0.223. The van der Waals surface area contributed by atoms with Crippen LogP contribution in [0.4, 0.5) is 0 Å². The summed E-state index contributed by atoms with van der Waals surface area (Å²) in [5.41, 5.74) is 7.50. The van der Waals surface area contributed by atoms with Crippen molar-refractivity contribution in [2.24, 2.45) is 11.7 Å². The molecule has 0 rings (SSSR count). The van der Waals surface area contributed by atoms with E-state index in [4.69, 9.17) is 5.73 Å². The highest BCUT2D eigenvalue weighted by Gasteiger charge is 2.18. The molecule has 1 amide bonds. The summed E-state index contributed by atoms with van der Waals surface area (Å²) in [7, 11) is 0. The molecule has 2 heteroatoms. The van der Waals surface area contributed by atoms with E-state index in [0.717, 1.165) is 24.0 Å². The first-order valence-electron chi connectivity index (χ1n) is 9.51. The van der Waals surface area contributed by atoms with E-state index in [-0.39, 0.29) is 5.91 Å². The molecule has 130 valence electrons. The lowest BCUT2D eigenvalue weighted by Gasteiger charge is -2.18. The molecule has 0 aliphatic rings. The molecule has 0 fully saturated rings. The summed E-state index contributed by atoms with van der Waals surface area (Å²) in [5, 5.41) is 0. The summed E-state index contributed by atoms with van der Waals surface area (Å²) in [6.45, 7) is 8.43. The van der Waals surface area contributed by atoms with Gasteiger partial charge < -0.3 is 5.73 Å². The standard InChI is InChI=1S/C20H39NO/c1-5-7-8-9-10-11-12-13-14-15-16-18(6-2)19(17(3)4)20(21)22/h18H,5-16H2,1-4H3,(H2,21,22). The van der Waals surface area contributed by atoms with Crippen LogP contribution < -0.4 is 5.73 Å². The first-order valence-corrected chi connectivity index (χ1v) is 9.51. The Bertz CT molecular complexity index is 316. The summed E-state index contributed by atoms with van der Waals surface area (Å²) in [6.07, 6.45) is 15.7. The number of carbonyl (C=O) groups is 1. The van der Waals surface area contributed by atoms with Crippen LogP contribution in [-0.2, 0) is 4.79 Å². The molecule has 0 spiro atoms. The predicted octanol–water partition coefficient (Wildman–Crippen LogP) is 6.15. The smallest absolute Gasteiger partial charge is 0.244 e. The number of amides is 1. The third-order valence-electron chi connectivity index (χ3n) is 4.61. The van der Waals surface area contributed by atoms with Gasteiger partial charge in [0, 0.05) is 5.57 Å². The van der Waals surface area contributed by atoms with Gasteiger partial charge in [-0.3, -0.25) is 4.79 Å². The van der Waals surface area contributed by atoms with Gasteiger partial charge in [0.25, 0.3) is 0 Å². The van der Waals surface area contributed by atoms with Gasteiger partial charge in [0.15, 0.2) is 0 Å². The van der Waals surface area contributed by atoms with Crippen LogP contribution in [0.15, 0.2) is 11.1 Å². The lowest BCUT2D eigenvalue weighted by atomic mass is 9.87. The third kappa shape index (κ3) is 10.0. The van der Waals surface area contributed by atoms with E-state index in [9.17, 15) is 4.79 Å². The van der Waals surface area contributed by atoms with Gasteiger partial charge in [-0.1, -0.05) is 83.6 Å². The molecule has 0 saturated carbocycles. The van der Waals surface area contributed by atoms with Crippen LogP contribution >= 0.6 is 0 Å². The van der Waals surface area contributed by atoms with Crippen molar-refractivity contribution >= 4 is 5.91 Å². The largest absolute Gasteiger partial charge is 0.366 e. The lowest BCUT2D eigenvalue weighted by Crippen LogP contribution is -2.21. The second kappa shape index (κ2) is 13.8. The highest BCUT2D eigenvalue weighted by molar-refractivity contribution is 5.93. The Hall–Kier alpha value is -0.790. The van der Waals surface area contributed by atoms with Crippen molar-refractivity contribution in [1.82, 2.24) is 0 Å². The monoisotopic (exact) mass is 309 g/mol. The molecule has 2 N–H and O–H groups in total. The zero-order valence-electron chi connectivity index (χ0n) is 15.5. The Morgan fingerprint density at radius 3 is 1.64 bits per heavy atom. The van der Waals surface area contributed by atoms with Crippen molar-refractivity contribution in [2.45, 2.75) is 105 Å². The molecule has 0 aliphatic heterocycles. The molecule has 1 unspecified atom stereocenters. The topological polar surface area (TPSA) is 43.1 Å². The average Bonchev–Trinajstić information content (AvgIpc) is 2.46. The van der Waals surface area contributed by atoms with Crippen molar-refractivity contribution in [1.29, 1.82) is 0 Å². The number of primary amides is 1. The molecule has 0 radical (unpaired) electrons. The highest BCUT2D eigenvalue weighted by Crippen LogP contribution is 2.25. The van der Waals surface area contributed by atoms with Gasteiger partial charge in [-0.05, 0) is 32.6 Å². The SMILES string of the molecule is CCCCCCCCCCCCC(CC)C(C(N)=O)=C(C)C. The summed E-state index contributed by atoms with van der Waals surface area (Å²) in [5.74, 6) is 0.135. The number of hydrogen-bond donors (Lipinski definition) is 1. The molecular weight excluding hydrogens is 270 g/mol. The number of nitrogens with two attached hydrogens (primary N) is 1. The van der Waals surface area contributed by atoms with Gasteiger partial charge in [-0.25, -0.2) is 0 Å². The van der Waals surface area contributed by atoms with Crippen LogP contribution in [0.3, 0.4) is 0 Å². The lowest BCUT2D eigenvalue weighted by molar-refractivity contribution is -0.115. The summed E-state index contributed by atoms with van der Waals surface area (Å²) in [4.78, 5) is 11.6. The Kier molecular flexibility index (Phi) is 13.3. The van der Waals surface area contributed by atoms with Gasteiger partial charge in [0.2, 0.25) is 5.91 Å². The maximum absolute atomic E-state index is 11.6. The van der Waals surface area contributed by atoms with E-state index in [1.807, 2.05) is 13.8 Å². The first-order chi connectivity index (χ1) is 10.5. The fourth-order valence-corrected chi connectivity index (χ4v) is 3.29. The molecule has 0 heterocycles. The van der Waals surface area contributed by atoms with Crippen LogP contribution in [0.2, 0.25) is 0 Å². The van der Waals surface area contributed by atoms with Crippen LogP contribution in [0.25, 0.3) is 0 Å². The maximum atomic E-state index is 11.6. The van der Waals surface area contributed by atoms with Crippen LogP contribution in [-0.4, -0.2) is 5.91 Å². The van der Waals surface area contributed by atoms with E-state index >= 15 is 0 Å². The van der Waals surface area contributed by atoms with Crippen molar-refractivity contribution in [3.05, 3.63) is 11.1 Å². The van der Waals surface area contributed by atoms with Crippen LogP contribution in [0.1, 0.15) is 105 Å². The summed E-state index contributed by atoms with van der Waals surface area (Å²) < 4.78 is 0. The summed E-state index contributed by atoms with van der Waals surface area (Å²) in [6, 6.07) is 0. The van der Waals surface area contributed by atoms with Gasteiger partial charge in [-0.2, -0.15) is 0 Å². The maximum Gasteiger partial charge on any atom is 0.244 e. The second-order valence-electron chi connectivity index (χ2n) is 6.85. The van der Waals surface area contributed by atoms with E-state index in [1.165, 1.54) is 64.2 Å². The molecule has 0 aromatic rings. The number of carbonyl (C=O) groups excluding carboxylic acids is 1. The van der Waals surface area contributed by atoms with Crippen molar-refractivity contribution < 1.29 is 4.79 Å². The molecular formula is C20H39NO. The molecule has 0 aliphatic carbocycles. The van der Waals surface area contributed by atoms with E-state index < -0.39 is 0 Å². The average molecular weight is 310 g/mol. The minimum absolute atomic E-state index is 0.223. The molecule has 0 saturated heterocycles. The Labute approximate surface area is 138 Å². The molecule has 0 aromatic heterocycles. The molecule has 0 aromatic carbocycles. The Balaban J connectivity index is 3.76. The van der Waals surface area contributed by atoms with E-state index in [1.54, 1.807) is 0 Å². The minimum Gasteiger partial charge on any atom is -0.366 e. The quantitative estimate of drug-likeness (QED) is 0.304. The fourth-order valence-electron chi connectivity index (χ4n) is 3.29. The Morgan fingerprint density at radius 2 is 1.27 bits per heavy atom. The number of unbranched alkanes of at least 4 members (excludes halogenated alkanes) is 9. The van der Waals surface area contributed by atoms with Gasteiger partial charge in [0.1, 0.15) is 0 Å². The van der Waals surface area contributed by atoms with Gasteiger partial charge >= 0.3 is 0 Å². The predicted molar refractivity (Wildman–Crippen MR) is 97.8 cm³/mol. The fraction of sp³-hybridized carbons (Fsp3) is 0.850. The zero-order valence-corrected chi connectivity index (χ0v) is 15.5. The van der Waals surface area contributed by atoms with E-state index in [0.29, 0.717) is 5.92 Å². The van der Waals surface area contributed by atoms with Crippen molar-refractivity contribution in [3.63, 3.8) is 0 Å². The molecule has 1 atom stereocenters. The summed E-state index contributed by atoms with van der Waals surface area (Å²) >= 11 is 0.